The first-order chi connectivity index (χ1) is 18.4. The van der Waals surface area contributed by atoms with Crippen LogP contribution in [-0.2, 0) is 6.54 Å². The van der Waals surface area contributed by atoms with Crippen molar-refractivity contribution in [3.8, 4) is 28.3 Å². The zero-order valence-corrected chi connectivity index (χ0v) is 20.9. The summed E-state index contributed by atoms with van der Waals surface area (Å²) in [4.78, 5) is 15.7. The molecule has 0 aliphatic carbocycles. The molecule has 2 fully saturated rings. The third-order valence-corrected chi connectivity index (χ3v) is 7.86. The lowest BCUT2D eigenvalue weighted by molar-refractivity contribution is 0.0575. The smallest absolute Gasteiger partial charge is 0.254 e. The van der Waals surface area contributed by atoms with E-state index in [1.165, 1.54) is 18.2 Å². The number of fused-ring (bicyclic) bond motifs is 3. The van der Waals surface area contributed by atoms with Crippen LogP contribution in [0, 0.1) is 23.0 Å². The molecule has 3 heterocycles. The highest BCUT2D eigenvalue weighted by atomic mass is 19.1. The number of amides is 1. The van der Waals surface area contributed by atoms with Crippen LogP contribution in [0.2, 0.25) is 0 Å². The second kappa shape index (κ2) is 9.30. The van der Waals surface area contributed by atoms with Gasteiger partial charge in [0.25, 0.3) is 5.91 Å². The predicted molar refractivity (Wildman–Crippen MR) is 139 cm³/mol. The van der Waals surface area contributed by atoms with Crippen LogP contribution in [0.25, 0.3) is 33.3 Å². The molecule has 4 aromatic rings. The molecule has 2 aliphatic rings. The third-order valence-electron chi connectivity index (χ3n) is 7.86. The van der Waals surface area contributed by atoms with Crippen LogP contribution in [0.15, 0.2) is 48.5 Å². The van der Waals surface area contributed by atoms with Gasteiger partial charge in [0.05, 0.1) is 11.1 Å². The highest BCUT2D eigenvalue weighted by Gasteiger charge is 2.42. The van der Waals surface area contributed by atoms with E-state index in [2.05, 4.69) is 10.3 Å². The van der Waals surface area contributed by atoms with Gasteiger partial charge in [-0.2, -0.15) is 5.26 Å². The van der Waals surface area contributed by atoms with Crippen molar-refractivity contribution in [3.05, 3.63) is 71.3 Å². The van der Waals surface area contributed by atoms with Crippen LogP contribution in [0.4, 0.5) is 8.78 Å². The summed E-state index contributed by atoms with van der Waals surface area (Å²) in [6.45, 7) is 2.45. The fraction of sp³-hybridized carbons (Fsp3) is 0.310. The number of rotatable bonds is 4. The first-order valence-electron chi connectivity index (χ1n) is 12.8. The number of nitrogens with two attached hydrogens (primary N) is 1. The molecule has 0 radical (unpaired) electrons. The summed E-state index contributed by atoms with van der Waals surface area (Å²) in [5.41, 5.74) is 9.33. The minimum atomic E-state index is -0.683. The molecule has 9 heteroatoms. The minimum Gasteiger partial charge on any atom is -0.333 e. The summed E-state index contributed by atoms with van der Waals surface area (Å²) in [7, 11) is 0. The average molecular weight is 513 g/mol. The van der Waals surface area contributed by atoms with E-state index >= 15 is 4.39 Å². The lowest BCUT2D eigenvalue weighted by Gasteiger charge is -2.38. The molecule has 1 amide bonds. The van der Waals surface area contributed by atoms with Crippen LogP contribution in [0.5, 0.6) is 0 Å². The first kappa shape index (κ1) is 24.2. The van der Waals surface area contributed by atoms with Gasteiger partial charge in [0.1, 0.15) is 23.2 Å². The normalized spacial score (nSPS) is 20.6. The standard InChI is InChI=1S/C29H26F2N6O/c1-2-36-28-14-26(31)24(13-27(28)34-35-36)22-8-5-17(9-23(22)16-3-4-18(15-32)25(30)10-16)29(38)37-20-6-7-21(37)12-19(33)11-20/h3-5,8-10,13-14,19-21H,2,6-7,11-12,33H2,1H3. The minimum absolute atomic E-state index is 0.0902. The zero-order valence-electron chi connectivity index (χ0n) is 20.9. The summed E-state index contributed by atoms with van der Waals surface area (Å²) < 4.78 is 31.8. The number of aryl methyl sites for hydroxylation is 1. The number of nitriles is 1. The van der Waals surface area contributed by atoms with E-state index in [-0.39, 0.29) is 35.2 Å². The number of aromatic nitrogens is 3. The van der Waals surface area contributed by atoms with Gasteiger partial charge in [-0.15, -0.1) is 5.10 Å². The van der Waals surface area contributed by atoms with Crippen LogP contribution in [0.1, 0.15) is 48.5 Å². The molecule has 2 N–H and O–H groups in total. The molecule has 192 valence electrons. The Kier molecular flexibility index (Phi) is 5.92. The highest BCUT2D eigenvalue weighted by molar-refractivity contribution is 5.99. The zero-order chi connectivity index (χ0) is 26.6. The van der Waals surface area contributed by atoms with Gasteiger partial charge in [0.2, 0.25) is 0 Å². The fourth-order valence-corrected chi connectivity index (χ4v) is 6.05. The van der Waals surface area contributed by atoms with Crippen molar-refractivity contribution in [2.45, 2.75) is 57.3 Å². The topological polar surface area (TPSA) is 101 Å². The van der Waals surface area contributed by atoms with Crippen molar-refractivity contribution >= 4 is 16.9 Å². The Hall–Kier alpha value is -4.16. The molecule has 2 unspecified atom stereocenters. The predicted octanol–water partition coefficient (Wildman–Crippen LogP) is 5.03. The van der Waals surface area contributed by atoms with Gasteiger partial charge in [0.15, 0.2) is 0 Å². The molecular weight excluding hydrogens is 486 g/mol. The lowest BCUT2D eigenvalue weighted by Crippen LogP contribution is -2.50. The maximum Gasteiger partial charge on any atom is 0.254 e. The Morgan fingerprint density at radius 2 is 1.79 bits per heavy atom. The van der Waals surface area contributed by atoms with E-state index < -0.39 is 11.6 Å². The molecule has 2 aliphatic heterocycles. The van der Waals surface area contributed by atoms with E-state index in [9.17, 15) is 14.4 Å². The number of halogens is 2. The molecule has 2 bridgehead atoms. The molecule has 7 nitrogen and oxygen atoms in total. The van der Waals surface area contributed by atoms with Gasteiger partial charge in [-0.3, -0.25) is 4.79 Å². The summed E-state index contributed by atoms with van der Waals surface area (Å²) in [5.74, 6) is -1.27. The molecule has 2 saturated heterocycles. The number of carbonyl (C=O) groups is 1. The summed E-state index contributed by atoms with van der Waals surface area (Å²) in [6, 6.07) is 14.5. The van der Waals surface area contributed by atoms with E-state index in [0.29, 0.717) is 39.8 Å². The number of benzene rings is 3. The lowest BCUT2D eigenvalue weighted by atomic mass is 9.90. The van der Waals surface area contributed by atoms with Gasteiger partial charge in [0, 0.05) is 41.9 Å². The number of hydrogen-bond acceptors (Lipinski definition) is 5. The van der Waals surface area contributed by atoms with Crippen molar-refractivity contribution in [2.24, 2.45) is 5.73 Å². The molecule has 6 rings (SSSR count). The summed E-state index contributed by atoms with van der Waals surface area (Å²) >= 11 is 0. The molecule has 0 saturated carbocycles. The summed E-state index contributed by atoms with van der Waals surface area (Å²) in [5, 5.41) is 17.4. The largest absolute Gasteiger partial charge is 0.333 e. The average Bonchev–Trinajstić information content (AvgIpc) is 3.44. The Morgan fingerprint density at radius 1 is 1.03 bits per heavy atom. The molecule has 0 spiro atoms. The van der Waals surface area contributed by atoms with Gasteiger partial charge >= 0.3 is 0 Å². The second-order valence-corrected chi connectivity index (χ2v) is 10.1. The molecular formula is C29H26F2N6O. The van der Waals surface area contributed by atoms with Crippen molar-refractivity contribution in [1.82, 2.24) is 19.9 Å². The quantitative estimate of drug-likeness (QED) is 0.413. The van der Waals surface area contributed by atoms with Crippen molar-refractivity contribution in [3.63, 3.8) is 0 Å². The van der Waals surface area contributed by atoms with Gasteiger partial charge in [-0.05, 0) is 79.6 Å². The van der Waals surface area contributed by atoms with E-state index in [1.54, 1.807) is 35.0 Å². The van der Waals surface area contributed by atoms with Crippen molar-refractivity contribution in [2.75, 3.05) is 0 Å². The number of hydrogen-bond donors (Lipinski definition) is 1. The third kappa shape index (κ3) is 3.92. The SMILES string of the molecule is CCn1nnc2cc(-c3ccc(C(=O)N4C5CCC4CC(N)C5)cc3-c3ccc(C#N)c(F)c3)c(F)cc21. The van der Waals surface area contributed by atoms with Gasteiger partial charge < -0.3 is 10.6 Å². The molecule has 38 heavy (non-hydrogen) atoms. The van der Waals surface area contributed by atoms with Crippen LogP contribution >= 0.6 is 0 Å². The van der Waals surface area contributed by atoms with Gasteiger partial charge in [-0.1, -0.05) is 17.3 Å². The molecule has 1 aromatic heterocycles. The maximum atomic E-state index is 15.5. The van der Waals surface area contributed by atoms with Crippen molar-refractivity contribution in [1.29, 1.82) is 5.26 Å². The Balaban J connectivity index is 1.49. The second-order valence-electron chi connectivity index (χ2n) is 10.1. The van der Waals surface area contributed by atoms with E-state index in [4.69, 9.17) is 5.73 Å². The fourth-order valence-electron chi connectivity index (χ4n) is 6.05. The van der Waals surface area contributed by atoms with Crippen LogP contribution in [-0.4, -0.2) is 43.9 Å². The van der Waals surface area contributed by atoms with E-state index in [1.807, 2.05) is 17.9 Å². The van der Waals surface area contributed by atoms with Crippen LogP contribution < -0.4 is 5.73 Å². The number of nitrogens with zero attached hydrogens (tertiary/aromatic N) is 5. The van der Waals surface area contributed by atoms with E-state index in [0.717, 1.165) is 25.7 Å². The van der Waals surface area contributed by atoms with Gasteiger partial charge in [-0.25, -0.2) is 13.5 Å². The van der Waals surface area contributed by atoms with Crippen molar-refractivity contribution < 1.29 is 13.6 Å². The molecule has 2 atom stereocenters. The maximum absolute atomic E-state index is 15.5. The first-order valence-corrected chi connectivity index (χ1v) is 12.8. The monoisotopic (exact) mass is 512 g/mol. The molecule has 3 aromatic carbocycles. The van der Waals surface area contributed by atoms with Crippen LogP contribution in [0.3, 0.4) is 0 Å². The number of piperidine rings is 1. The summed E-state index contributed by atoms with van der Waals surface area (Å²) in [6.07, 6.45) is 3.41. The number of carbonyl (C=O) groups excluding carboxylic acids is 1. The Labute approximate surface area is 218 Å². The Bertz CT molecular complexity index is 1610. The highest BCUT2D eigenvalue weighted by Crippen LogP contribution is 2.39. The Morgan fingerprint density at radius 3 is 2.47 bits per heavy atom.